The number of aromatic nitrogens is 1. The van der Waals surface area contributed by atoms with E-state index in [1.54, 1.807) is 18.3 Å². The lowest BCUT2D eigenvalue weighted by Gasteiger charge is -2.32. The van der Waals surface area contributed by atoms with Crippen LogP contribution in [0.1, 0.15) is 38.7 Å². The molecular weight excluding hydrogens is 282 g/mol. The van der Waals surface area contributed by atoms with Crippen LogP contribution in [-0.4, -0.2) is 22.6 Å². The lowest BCUT2D eigenvalue weighted by molar-refractivity contribution is -0.164. The van der Waals surface area contributed by atoms with Gasteiger partial charge in [-0.3, -0.25) is 9.78 Å². The van der Waals surface area contributed by atoms with Crippen molar-refractivity contribution in [1.29, 1.82) is 0 Å². The predicted octanol–water partition coefficient (Wildman–Crippen LogP) is 1.64. The van der Waals surface area contributed by atoms with Crippen LogP contribution in [-0.2, 0) is 14.4 Å². The number of carbonyl (C=O) groups is 2. The molecule has 2 atom stereocenters. The van der Waals surface area contributed by atoms with Crippen molar-refractivity contribution >= 4 is 17.6 Å². The molecule has 3 rings (SSSR count). The quantitative estimate of drug-likeness (QED) is 0.301. The second-order valence-corrected chi connectivity index (χ2v) is 6.59. The van der Waals surface area contributed by atoms with Gasteiger partial charge in [-0.1, -0.05) is 19.0 Å². The normalized spacial score (nSPS) is 29.6. The van der Waals surface area contributed by atoms with Crippen LogP contribution in [0.3, 0.4) is 0 Å². The fourth-order valence-electron chi connectivity index (χ4n) is 3.89. The van der Waals surface area contributed by atoms with Gasteiger partial charge in [-0.05, 0) is 36.3 Å². The number of amidine groups is 1. The van der Waals surface area contributed by atoms with Crippen LogP contribution in [0.4, 0.5) is 0 Å². The summed E-state index contributed by atoms with van der Waals surface area (Å²) < 4.78 is 0. The van der Waals surface area contributed by atoms with Crippen LogP contribution in [0.5, 0.6) is 0 Å². The summed E-state index contributed by atoms with van der Waals surface area (Å²) >= 11 is 0. The van der Waals surface area contributed by atoms with E-state index in [0.717, 1.165) is 6.42 Å². The van der Waals surface area contributed by atoms with E-state index < -0.39 is 11.4 Å². The van der Waals surface area contributed by atoms with Crippen LogP contribution < -0.4 is 5.73 Å². The van der Waals surface area contributed by atoms with Crippen LogP contribution in [0, 0.1) is 16.7 Å². The average Bonchev–Trinajstić information content (AvgIpc) is 2.88. The Morgan fingerprint density at radius 1 is 1.50 bits per heavy atom. The van der Waals surface area contributed by atoms with Gasteiger partial charge < -0.3 is 10.6 Å². The number of hydrogen-bond donors (Lipinski definition) is 1. The van der Waals surface area contributed by atoms with Crippen molar-refractivity contribution in [2.24, 2.45) is 27.6 Å². The molecule has 2 fully saturated rings. The number of Topliss-reactive ketones (excluding diaryl/α,β-unsaturated/α-hetero) is 1. The van der Waals surface area contributed by atoms with E-state index in [4.69, 9.17) is 10.6 Å². The molecule has 116 valence electrons. The van der Waals surface area contributed by atoms with Crippen molar-refractivity contribution in [2.75, 3.05) is 0 Å². The Labute approximate surface area is 128 Å². The summed E-state index contributed by atoms with van der Waals surface area (Å²) in [6.07, 6.45) is 4.99. The lowest BCUT2D eigenvalue weighted by Crippen LogP contribution is -2.44. The zero-order valence-corrected chi connectivity index (χ0v) is 12.7. The molecule has 0 saturated heterocycles. The van der Waals surface area contributed by atoms with Crippen LogP contribution in [0.2, 0.25) is 0 Å². The minimum atomic E-state index is -1.07. The number of hydrogen-bond acceptors (Lipinski definition) is 5. The highest BCUT2D eigenvalue weighted by molar-refractivity contribution is 6.07. The van der Waals surface area contributed by atoms with Crippen molar-refractivity contribution in [1.82, 2.24) is 4.98 Å². The van der Waals surface area contributed by atoms with Gasteiger partial charge in [0.2, 0.25) is 0 Å². The maximum atomic E-state index is 12.6. The van der Waals surface area contributed by atoms with Crippen LogP contribution in [0.25, 0.3) is 0 Å². The molecule has 1 aromatic heterocycles. The van der Waals surface area contributed by atoms with Gasteiger partial charge in [0.15, 0.2) is 11.6 Å². The number of pyridine rings is 1. The molecule has 1 aromatic rings. The van der Waals surface area contributed by atoms with E-state index in [-0.39, 0.29) is 23.0 Å². The molecular formula is C16H19N3O3. The fraction of sp³-hybridized carbons (Fsp3) is 0.500. The Bertz CT molecular complexity index is 654. The number of carbonyl (C=O) groups excluding carboxylic acids is 2. The Balaban J connectivity index is 1.82. The van der Waals surface area contributed by atoms with E-state index in [0.29, 0.717) is 18.4 Å². The number of nitrogens with two attached hydrogens (primary N) is 1. The lowest BCUT2D eigenvalue weighted by atomic mass is 9.69. The number of ketones is 1. The first-order valence-electron chi connectivity index (χ1n) is 7.38. The second-order valence-electron chi connectivity index (χ2n) is 6.59. The minimum Gasteiger partial charge on any atom is -0.380 e. The Kier molecular flexibility index (Phi) is 3.27. The topological polar surface area (TPSA) is 94.6 Å². The van der Waals surface area contributed by atoms with E-state index in [1.165, 1.54) is 6.20 Å². The first-order valence-corrected chi connectivity index (χ1v) is 7.38. The van der Waals surface area contributed by atoms with Crippen molar-refractivity contribution in [2.45, 2.75) is 33.1 Å². The zero-order chi connectivity index (χ0) is 16.0. The molecule has 2 aliphatic rings. The van der Waals surface area contributed by atoms with Gasteiger partial charge in [0.25, 0.3) is 0 Å². The highest BCUT2D eigenvalue weighted by Gasteiger charge is 2.69. The molecule has 2 bridgehead atoms. The number of fused-ring (bicyclic) bond motifs is 2. The first kappa shape index (κ1) is 14.7. The summed E-state index contributed by atoms with van der Waals surface area (Å²) in [7, 11) is 0. The third-order valence-corrected chi connectivity index (χ3v) is 5.43. The van der Waals surface area contributed by atoms with Gasteiger partial charge in [0.05, 0.1) is 0 Å². The maximum Gasteiger partial charge on any atom is 0.349 e. The standard InChI is InChI=1S/C16H19N3O3/c1-15(2)11-5-6-16(15,12(20)8-11)14(21)22-19-13(17)10-4-3-7-18-9-10/h3-4,7,9,11H,5-6,8H2,1-2H3,(H2,17,19)/t11-,16+/m1/s1. The molecule has 2 N–H and O–H groups in total. The summed E-state index contributed by atoms with van der Waals surface area (Å²) in [6.45, 7) is 3.93. The molecule has 6 nitrogen and oxygen atoms in total. The third kappa shape index (κ3) is 1.86. The predicted molar refractivity (Wildman–Crippen MR) is 79.6 cm³/mol. The van der Waals surface area contributed by atoms with E-state index in [9.17, 15) is 9.59 Å². The highest BCUT2D eigenvalue weighted by atomic mass is 16.7. The maximum absolute atomic E-state index is 12.6. The highest BCUT2D eigenvalue weighted by Crippen LogP contribution is 2.64. The fourth-order valence-corrected chi connectivity index (χ4v) is 3.89. The molecule has 2 aliphatic carbocycles. The monoisotopic (exact) mass is 301 g/mol. The van der Waals surface area contributed by atoms with Gasteiger partial charge in [0, 0.05) is 24.4 Å². The van der Waals surface area contributed by atoms with E-state index in [2.05, 4.69) is 10.1 Å². The number of nitrogens with zero attached hydrogens (tertiary/aromatic N) is 2. The Morgan fingerprint density at radius 3 is 2.82 bits per heavy atom. The Morgan fingerprint density at radius 2 is 2.27 bits per heavy atom. The molecule has 22 heavy (non-hydrogen) atoms. The summed E-state index contributed by atoms with van der Waals surface area (Å²) in [6, 6.07) is 3.43. The molecule has 6 heteroatoms. The van der Waals surface area contributed by atoms with Crippen molar-refractivity contribution in [3.8, 4) is 0 Å². The van der Waals surface area contributed by atoms with E-state index >= 15 is 0 Å². The summed E-state index contributed by atoms with van der Waals surface area (Å²) in [5, 5.41) is 3.70. The first-order chi connectivity index (χ1) is 10.4. The van der Waals surface area contributed by atoms with Crippen LogP contribution >= 0.6 is 0 Å². The summed E-state index contributed by atoms with van der Waals surface area (Å²) in [5.74, 6) is -0.314. The van der Waals surface area contributed by atoms with Gasteiger partial charge in [-0.2, -0.15) is 0 Å². The average molecular weight is 301 g/mol. The molecule has 2 saturated carbocycles. The number of rotatable bonds is 3. The molecule has 0 aromatic carbocycles. The van der Waals surface area contributed by atoms with Gasteiger partial charge >= 0.3 is 5.97 Å². The molecule has 0 aliphatic heterocycles. The summed E-state index contributed by atoms with van der Waals surface area (Å²) in [4.78, 5) is 33.9. The molecule has 0 spiro atoms. The van der Waals surface area contributed by atoms with E-state index in [1.807, 2.05) is 13.8 Å². The smallest absolute Gasteiger partial charge is 0.349 e. The largest absolute Gasteiger partial charge is 0.380 e. The van der Waals surface area contributed by atoms with Gasteiger partial charge in [-0.25, -0.2) is 4.79 Å². The van der Waals surface area contributed by atoms with Crippen molar-refractivity contribution < 1.29 is 14.4 Å². The molecule has 1 heterocycles. The second kappa shape index (κ2) is 4.90. The van der Waals surface area contributed by atoms with Crippen molar-refractivity contribution in [3.05, 3.63) is 30.1 Å². The molecule has 0 unspecified atom stereocenters. The zero-order valence-electron chi connectivity index (χ0n) is 12.7. The summed E-state index contributed by atoms with van der Waals surface area (Å²) in [5.41, 5.74) is 4.89. The third-order valence-electron chi connectivity index (χ3n) is 5.43. The van der Waals surface area contributed by atoms with Crippen molar-refractivity contribution in [3.63, 3.8) is 0 Å². The van der Waals surface area contributed by atoms with Crippen LogP contribution in [0.15, 0.2) is 29.7 Å². The molecule has 0 amide bonds. The number of oxime groups is 1. The Hall–Kier alpha value is -2.24. The van der Waals surface area contributed by atoms with Gasteiger partial charge in [-0.15, -0.1) is 0 Å². The molecule has 0 radical (unpaired) electrons. The minimum absolute atomic E-state index is 0.0334. The van der Waals surface area contributed by atoms with Gasteiger partial charge in [0.1, 0.15) is 5.41 Å². The SMILES string of the molecule is CC1(C)[C@@H]2CC[C@@]1(C(=O)O/N=C(\N)c1cccnc1)C(=O)C2.